The second kappa shape index (κ2) is 11.3. The van der Waals surface area contributed by atoms with E-state index >= 15 is 0 Å². The van der Waals surface area contributed by atoms with Crippen molar-refractivity contribution in [1.29, 1.82) is 0 Å². The van der Waals surface area contributed by atoms with Gasteiger partial charge in [-0.1, -0.05) is 72.8 Å². The van der Waals surface area contributed by atoms with Crippen molar-refractivity contribution < 1.29 is 28.3 Å². The van der Waals surface area contributed by atoms with Crippen LogP contribution in [0.1, 0.15) is 42.9 Å². The van der Waals surface area contributed by atoms with Crippen LogP contribution in [0.2, 0.25) is 0 Å². The fourth-order valence-corrected chi connectivity index (χ4v) is 7.41. The van der Waals surface area contributed by atoms with Gasteiger partial charge in [0.15, 0.2) is 11.8 Å². The molecule has 0 radical (unpaired) electrons. The topological polar surface area (TPSA) is 93.1 Å². The Morgan fingerprint density at radius 3 is 2.28 bits per heavy atom. The van der Waals surface area contributed by atoms with E-state index in [1.54, 1.807) is 19.9 Å². The van der Waals surface area contributed by atoms with Gasteiger partial charge in [-0.05, 0) is 54.2 Å². The van der Waals surface area contributed by atoms with Crippen LogP contribution in [0.3, 0.4) is 0 Å². The maximum absolute atomic E-state index is 13.5. The molecule has 7 nitrogen and oxygen atoms in total. The number of ketones is 1. The molecule has 3 aromatic rings. The number of anilines is 1. The molecular formula is C31H32NO6P. The molecular weight excluding hydrogens is 513 g/mol. The third-order valence-electron chi connectivity index (χ3n) is 7.26. The summed E-state index contributed by atoms with van der Waals surface area (Å²) in [7, 11) is -3.70. The molecule has 0 spiro atoms. The van der Waals surface area contributed by atoms with Crippen LogP contribution >= 0.6 is 7.60 Å². The number of aliphatic carboxylic acids is 1. The van der Waals surface area contributed by atoms with Gasteiger partial charge in [0.1, 0.15) is 6.16 Å². The highest BCUT2D eigenvalue weighted by molar-refractivity contribution is 7.55. The highest BCUT2D eigenvalue weighted by Gasteiger charge is 2.41. The zero-order valence-corrected chi connectivity index (χ0v) is 23.0. The number of carboxylic acid groups (broad SMARTS) is 1. The Hall–Kier alpha value is -3.51. The second-order valence-electron chi connectivity index (χ2n) is 9.58. The summed E-state index contributed by atoms with van der Waals surface area (Å²) in [6, 6.07) is 23.2. The van der Waals surface area contributed by atoms with E-state index in [0.717, 1.165) is 33.5 Å². The minimum Gasteiger partial charge on any atom is -0.479 e. The van der Waals surface area contributed by atoms with Crippen molar-refractivity contribution in [2.45, 2.75) is 32.2 Å². The predicted molar refractivity (Wildman–Crippen MR) is 151 cm³/mol. The van der Waals surface area contributed by atoms with Gasteiger partial charge in [-0.15, -0.1) is 0 Å². The normalized spacial score (nSPS) is 18.3. The second-order valence-corrected chi connectivity index (χ2v) is 11.6. The van der Waals surface area contributed by atoms with Gasteiger partial charge in [-0.2, -0.15) is 0 Å². The number of benzene rings is 3. The molecule has 1 heterocycles. The van der Waals surface area contributed by atoms with E-state index in [9.17, 15) is 19.3 Å². The first-order valence-electron chi connectivity index (χ1n) is 13.3. The molecule has 2 atom stereocenters. The van der Waals surface area contributed by atoms with E-state index in [0.29, 0.717) is 13.0 Å². The Kier molecular flexibility index (Phi) is 7.85. The summed E-state index contributed by atoms with van der Waals surface area (Å²) in [6.07, 6.45) is 1.64. The smallest absolute Gasteiger partial charge is 0.338 e. The molecule has 2 aliphatic rings. The van der Waals surface area contributed by atoms with Gasteiger partial charge in [0.2, 0.25) is 0 Å². The van der Waals surface area contributed by atoms with E-state index in [4.69, 9.17) is 9.05 Å². The lowest BCUT2D eigenvalue weighted by atomic mass is 9.87. The number of carbonyl (C=O) groups excluding carboxylic acids is 1. The van der Waals surface area contributed by atoms with Crippen LogP contribution in [0.15, 0.2) is 84.4 Å². The summed E-state index contributed by atoms with van der Waals surface area (Å²) < 4.78 is 23.8. The van der Waals surface area contributed by atoms with Gasteiger partial charge in [-0.25, -0.2) is 4.79 Å². The van der Waals surface area contributed by atoms with Crippen LogP contribution < -0.4 is 4.90 Å². The SMILES string of the molecule is CCOP(=O)(CC(=O)C1=CCCN(c2cccc3c2C(c2ccccc2)c2ccccc2-3)C1C(=O)O)OCC. The van der Waals surface area contributed by atoms with Crippen LogP contribution in [-0.2, 0) is 23.2 Å². The fraction of sp³-hybridized carbons (Fsp3) is 0.290. The molecule has 0 saturated heterocycles. The first-order chi connectivity index (χ1) is 18.9. The summed E-state index contributed by atoms with van der Waals surface area (Å²) in [5.74, 6) is -1.75. The molecule has 1 aliphatic heterocycles. The molecule has 0 amide bonds. The van der Waals surface area contributed by atoms with Crippen LogP contribution in [0.25, 0.3) is 11.1 Å². The van der Waals surface area contributed by atoms with Crippen molar-refractivity contribution in [1.82, 2.24) is 0 Å². The van der Waals surface area contributed by atoms with Gasteiger partial charge in [0.25, 0.3) is 0 Å². The lowest BCUT2D eigenvalue weighted by molar-refractivity contribution is -0.138. The third kappa shape index (κ3) is 5.10. The number of hydrogen-bond donors (Lipinski definition) is 1. The van der Waals surface area contributed by atoms with E-state index in [1.807, 2.05) is 47.4 Å². The minimum absolute atomic E-state index is 0.0794. The Bertz CT molecular complexity index is 1460. The zero-order chi connectivity index (χ0) is 27.6. The Balaban J connectivity index is 1.58. The van der Waals surface area contributed by atoms with Gasteiger partial charge in [0, 0.05) is 23.7 Å². The number of carboxylic acids is 1. The molecule has 0 fully saturated rings. The average molecular weight is 546 g/mol. The maximum Gasteiger partial charge on any atom is 0.338 e. The van der Waals surface area contributed by atoms with Crippen molar-refractivity contribution in [3.8, 4) is 11.1 Å². The molecule has 1 aliphatic carbocycles. The number of hydrogen-bond acceptors (Lipinski definition) is 6. The van der Waals surface area contributed by atoms with E-state index in [1.165, 1.54) is 0 Å². The van der Waals surface area contributed by atoms with Crippen LogP contribution in [-0.4, -0.2) is 48.8 Å². The molecule has 39 heavy (non-hydrogen) atoms. The average Bonchev–Trinajstić information content (AvgIpc) is 3.28. The highest BCUT2D eigenvalue weighted by atomic mass is 31.2. The molecule has 8 heteroatoms. The Morgan fingerprint density at radius 1 is 0.923 bits per heavy atom. The predicted octanol–water partition coefficient (Wildman–Crippen LogP) is 6.27. The maximum atomic E-state index is 13.5. The molecule has 2 unspecified atom stereocenters. The lowest BCUT2D eigenvalue weighted by Crippen LogP contribution is -2.48. The first kappa shape index (κ1) is 27.1. The number of fused-ring (bicyclic) bond motifs is 3. The highest BCUT2D eigenvalue weighted by Crippen LogP contribution is 2.52. The van der Waals surface area contributed by atoms with Crippen LogP contribution in [0, 0.1) is 0 Å². The van der Waals surface area contributed by atoms with Gasteiger partial charge in [-0.3, -0.25) is 9.36 Å². The quantitative estimate of drug-likeness (QED) is 0.235. The Morgan fingerprint density at radius 2 is 1.59 bits per heavy atom. The number of rotatable bonds is 10. The van der Waals surface area contributed by atoms with Crippen molar-refractivity contribution >= 4 is 25.0 Å². The van der Waals surface area contributed by atoms with Crippen LogP contribution in [0.4, 0.5) is 5.69 Å². The monoisotopic (exact) mass is 545 g/mol. The Labute approximate surface area is 228 Å². The van der Waals surface area contributed by atoms with Gasteiger partial charge in [0.05, 0.1) is 13.2 Å². The van der Waals surface area contributed by atoms with Crippen molar-refractivity contribution in [3.63, 3.8) is 0 Å². The molecule has 1 N–H and O–H groups in total. The molecule has 0 aromatic heterocycles. The molecule has 0 bridgehead atoms. The zero-order valence-electron chi connectivity index (χ0n) is 22.1. The summed E-state index contributed by atoms with van der Waals surface area (Å²) >= 11 is 0. The van der Waals surface area contributed by atoms with Gasteiger partial charge >= 0.3 is 13.6 Å². The van der Waals surface area contributed by atoms with Crippen molar-refractivity contribution in [3.05, 3.63) is 101 Å². The fourth-order valence-electron chi connectivity index (χ4n) is 5.83. The van der Waals surface area contributed by atoms with Crippen LogP contribution in [0.5, 0.6) is 0 Å². The molecule has 0 saturated carbocycles. The summed E-state index contributed by atoms with van der Waals surface area (Å²) in [5, 5.41) is 10.4. The standard InChI is InChI=1S/C31H32NO6P/c1-3-37-39(36,38-4-2)20-27(33)25-17-11-19-32(30(25)31(34)35)26-18-10-16-24-22-14-8-9-15-23(22)28(29(24)26)21-12-6-5-7-13-21/h5-10,12-18,28,30H,3-4,11,19-20H2,1-2H3,(H,34,35). The number of Topliss-reactive ketones (excluding diaryl/α,β-unsaturated/α-hetero) is 1. The van der Waals surface area contributed by atoms with Gasteiger partial charge < -0.3 is 19.1 Å². The molecule has 202 valence electrons. The van der Waals surface area contributed by atoms with Crippen molar-refractivity contribution in [2.75, 3.05) is 30.8 Å². The van der Waals surface area contributed by atoms with E-state index in [2.05, 4.69) is 30.3 Å². The lowest BCUT2D eigenvalue weighted by Gasteiger charge is -2.37. The third-order valence-corrected chi connectivity index (χ3v) is 9.24. The largest absolute Gasteiger partial charge is 0.479 e. The summed E-state index contributed by atoms with van der Waals surface area (Å²) in [4.78, 5) is 28.0. The minimum atomic E-state index is -3.70. The molecule has 3 aromatic carbocycles. The van der Waals surface area contributed by atoms with Crippen molar-refractivity contribution in [2.24, 2.45) is 0 Å². The number of nitrogens with zero attached hydrogens (tertiary/aromatic N) is 1. The molecule has 5 rings (SSSR count). The summed E-state index contributed by atoms with van der Waals surface area (Å²) in [6.45, 7) is 4.02. The number of carbonyl (C=O) groups is 2. The van der Waals surface area contributed by atoms with E-state index in [-0.39, 0.29) is 24.7 Å². The summed E-state index contributed by atoms with van der Waals surface area (Å²) in [5.41, 5.74) is 6.37. The first-order valence-corrected chi connectivity index (χ1v) is 15.0. The van der Waals surface area contributed by atoms with E-state index < -0.39 is 31.6 Å².